The van der Waals surface area contributed by atoms with E-state index in [0.29, 0.717) is 0 Å². The van der Waals surface area contributed by atoms with Crippen LogP contribution in [0.4, 0.5) is 0 Å². The molecule has 0 aliphatic carbocycles. The van der Waals surface area contributed by atoms with Crippen molar-refractivity contribution in [1.29, 1.82) is 0 Å². The van der Waals surface area contributed by atoms with Crippen LogP contribution in [0.5, 0.6) is 0 Å². The third kappa shape index (κ3) is 4.02. The first-order chi connectivity index (χ1) is 7.75. The van der Waals surface area contributed by atoms with E-state index in [-0.39, 0.29) is 0 Å². The lowest BCUT2D eigenvalue weighted by Crippen LogP contribution is -2.26. The highest BCUT2D eigenvalue weighted by atomic mass is 79.9. The molecular formula is C11H15Br2NS2. The summed E-state index contributed by atoms with van der Waals surface area (Å²) < 4.78 is 2.36. The standard InChI is InChI=1S/C11H15Br2NS2/c12-10-5-9(16-11(10)13)7-14-6-8-3-1-2-4-15-8/h5,8,14H,1-4,6-7H2. The van der Waals surface area contributed by atoms with Crippen molar-refractivity contribution in [2.45, 2.75) is 31.1 Å². The fourth-order valence-corrected chi connectivity index (χ4v) is 5.22. The lowest BCUT2D eigenvalue weighted by Gasteiger charge is -2.21. The summed E-state index contributed by atoms with van der Waals surface area (Å²) in [4.78, 5) is 1.39. The Labute approximate surface area is 122 Å². The minimum absolute atomic E-state index is 0.834. The molecule has 0 saturated carbocycles. The molecule has 0 aromatic carbocycles. The lowest BCUT2D eigenvalue weighted by atomic mass is 10.2. The number of hydrogen-bond acceptors (Lipinski definition) is 3. The summed E-state index contributed by atoms with van der Waals surface area (Å²) in [6.07, 6.45) is 4.21. The van der Waals surface area contributed by atoms with Crippen LogP contribution in [-0.4, -0.2) is 17.5 Å². The van der Waals surface area contributed by atoms with Crippen LogP contribution in [0, 0.1) is 0 Å². The van der Waals surface area contributed by atoms with Gasteiger partial charge in [-0.05, 0) is 56.5 Å². The van der Waals surface area contributed by atoms with Crippen molar-refractivity contribution < 1.29 is 0 Å². The Morgan fingerprint density at radius 1 is 1.38 bits per heavy atom. The predicted octanol–water partition coefficient (Wildman–Crippen LogP) is 4.65. The van der Waals surface area contributed by atoms with Crippen LogP contribution >= 0.6 is 55.0 Å². The summed E-state index contributed by atoms with van der Waals surface area (Å²) in [5, 5.41) is 4.39. The second kappa shape index (κ2) is 6.78. The van der Waals surface area contributed by atoms with Crippen molar-refractivity contribution in [2.24, 2.45) is 0 Å². The molecule has 0 amide bonds. The average molecular weight is 385 g/mol. The van der Waals surface area contributed by atoms with Gasteiger partial charge in [-0.2, -0.15) is 11.8 Å². The molecule has 2 heterocycles. The van der Waals surface area contributed by atoms with Crippen LogP contribution < -0.4 is 5.32 Å². The van der Waals surface area contributed by atoms with Crippen molar-refractivity contribution in [2.75, 3.05) is 12.3 Å². The van der Waals surface area contributed by atoms with E-state index >= 15 is 0 Å². The molecule has 0 spiro atoms. The fourth-order valence-electron chi connectivity index (χ4n) is 1.80. The maximum atomic E-state index is 3.56. The largest absolute Gasteiger partial charge is 0.311 e. The number of rotatable bonds is 4. The molecule has 16 heavy (non-hydrogen) atoms. The first-order valence-corrected chi connectivity index (χ1v) is 8.97. The summed E-state index contributed by atoms with van der Waals surface area (Å²) in [6.45, 7) is 2.14. The minimum atomic E-state index is 0.834. The fraction of sp³-hybridized carbons (Fsp3) is 0.636. The maximum absolute atomic E-state index is 3.56. The Kier molecular flexibility index (Phi) is 5.68. The molecule has 1 saturated heterocycles. The van der Waals surface area contributed by atoms with E-state index in [1.54, 1.807) is 11.3 Å². The van der Waals surface area contributed by atoms with Crippen molar-refractivity contribution in [3.8, 4) is 0 Å². The molecule has 2 rings (SSSR count). The molecule has 1 aromatic rings. The summed E-state index contributed by atoms with van der Waals surface area (Å²) in [6, 6.07) is 2.19. The topological polar surface area (TPSA) is 12.0 Å². The SMILES string of the molecule is Brc1cc(CNCC2CCCCS2)sc1Br. The Balaban J connectivity index is 1.71. The van der Waals surface area contributed by atoms with Gasteiger partial charge >= 0.3 is 0 Å². The van der Waals surface area contributed by atoms with Gasteiger partial charge in [-0.1, -0.05) is 6.42 Å². The molecule has 1 atom stereocenters. The molecule has 1 nitrogen and oxygen atoms in total. The van der Waals surface area contributed by atoms with Gasteiger partial charge in [-0.15, -0.1) is 11.3 Å². The second-order valence-electron chi connectivity index (χ2n) is 3.95. The van der Waals surface area contributed by atoms with E-state index in [1.165, 1.54) is 38.2 Å². The molecule has 0 bridgehead atoms. The van der Waals surface area contributed by atoms with E-state index in [0.717, 1.165) is 18.3 Å². The van der Waals surface area contributed by atoms with Gasteiger partial charge < -0.3 is 5.32 Å². The van der Waals surface area contributed by atoms with E-state index in [4.69, 9.17) is 0 Å². The lowest BCUT2D eigenvalue weighted by molar-refractivity contribution is 0.600. The molecule has 1 aromatic heterocycles. The Morgan fingerprint density at radius 2 is 2.25 bits per heavy atom. The molecule has 1 aliphatic rings. The zero-order valence-corrected chi connectivity index (χ0v) is 13.8. The molecule has 1 N–H and O–H groups in total. The van der Waals surface area contributed by atoms with Gasteiger partial charge in [0.2, 0.25) is 0 Å². The Morgan fingerprint density at radius 3 is 2.88 bits per heavy atom. The summed E-state index contributed by atoms with van der Waals surface area (Å²) in [5.74, 6) is 1.35. The first-order valence-electron chi connectivity index (χ1n) is 5.52. The predicted molar refractivity (Wildman–Crippen MR) is 81.5 cm³/mol. The number of thioether (sulfide) groups is 1. The van der Waals surface area contributed by atoms with Crippen LogP contribution in [0.2, 0.25) is 0 Å². The van der Waals surface area contributed by atoms with Crippen LogP contribution in [-0.2, 0) is 6.54 Å². The number of halogens is 2. The average Bonchev–Trinajstić information content (AvgIpc) is 2.60. The van der Waals surface area contributed by atoms with Crippen LogP contribution in [0.3, 0.4) is 0 Å². The zero-order chi connectivity index (χ0) is 11.4. The summed E-state index contributed by atoms with van der Waals surface area (Å²) in [5.41, 5.74) is 0. The van der Waals surface area contributed by atoms with E-state index in [9.17, 15) is 0 Å². The quantitative estimate of drug-likeness (QED) is 0.810. The Bertz CT molecular complexity index is 315. The normalized spacial score (nSPS) is 21.2. The molecule has 0 radical (unpaired) electrons. The second-order valence-corrected chi connectivity index (χ2v) is 8.67. The van der Waals surface area contributed by atoms with Gasteiger partial charge in [-0.3, -0.25) is 0 Å². The number of thiophene rings is 1. The number of hydrogen-bond donors (Lipinski definition) is 1. The van der Waals surface area contributed by atoms with Gasteiger partial charge in [0.15, 0.2) is 0 Å². The highest BCUT2D eigenvalue weighted by Gasteiger charge is 2.13. The van der Waals surface area contributed by atoms with Crippen molar-refractivity contribution in [3.63, 3.8) is 0 Å². The molecule has 1 aliphatic heterocycles. The molecular weight excluding hydrogens is 370 g/mol. The zero-order valence-electron chi connectivity index (χ0n) is 8.97. The first kappa shape index (κ1) is 13.4. The highest BCUT2D eigenvalue weighted by Crippen LogP contribution is 2.32. The third-order valence-corrected chi connectivity index (χ3v) is 7.30. The van der Waals surface area contributed by atoms with Crippen molar-refractivity contribution in [3.05, 3.63) is 19.2 Å². The van der Waals surface area contributed by atoms with Gasteiger partial charge in [0.1, 0.15) is 0 Å². The van der Waals surface area contributed by atoms with E-state index in [1.807, 2.05) is 0 Å². The third-order valence-electron chi connectivity index (χ3n) is 2.64. The van der Waals surface area contributed by atoms with Crippen LogP contribution in [0.1, 0.15) is 24.1 Å². The van der Waals surface area contributed by atoms with Crippen LogP contribution in [0.15, 0.2) is 14.3 Å². The van der Waals surface area contributed by atoms with Crippen molar-refractivity contribution >= 4 is 55.0 Å². The molecule has 1 fully saturated rings. The molecule has 5 heteroatoms. The summed E-state index contributed by atoms with van der Waals surface area (Å²) in [7, 11) is 0. The maximum Gasteiger partial charge on any atom is 0.0843 e. The summed E-state index contributed by atoms with van der Waals surface area (Å²) >= 11 is 11.0. The van der Waals surface area contributed by atoms with Gasteiger partial charge in [0.25, 0.3) is 0 Å². The molecule has 90 valence electrons. The van der Waals surface area contributed by atoms with Crippen molar-refractivity contribution in [1.82, 2.24) is 5.32 Å². The van der Waals surface area contributed by atoms with E-state index < -0.39 is 0 Å². The van der Waals surface area contributed by atoms with Gasteiger partial charge in [0, 0.05) is 27.7 Å². The van der Waals surface area contributed by atoms with Crippen LogP contribution in [0.25, 0.3) is 0 Å². The Hall–Kier alpha value is 0.970. The minimum Gasteiger partial charge on any atom is -0.311 e. The number of nitrogens with one attached hydrogen (secondary N) is 1. The van der Waals surface area contributed by atoms with Gasteiger partial charge in [-0.25, -0.2) is 0 Å². The monoisotopic (exact) mass is 383 g/mol. The smallest absolute Gasteiger partial charge is 0.0843 e. The van der Waals surface area contributed by atoms with E-state index in [2.05, 4.69) is 55.0 Å². The highest BCUT2D eigenvalue weighted by molar-refractivity contribution is 9.13. The molecule has 1 unspecified atom stereocenters. The van der Waals surface area contributed by atoms with Gasteiger partial charge in [0.05, 0.1) is 3.79 Å².